The summed E-state index contributed by atoms with van der Waals surface area (Å²) in [4.78, 5) is 23.2. The molecule has 2 aromatic heterocycles. The molecule has 0 bridgehead atoms. The van der Waals surface area contributed by atoms with Crippen LogP contribution < -0.4 is 19.7 Å². The van der Waals surface area contributed by atoms with Crippen molar-refractivity contribution in [3.05, 3.63) is 42.5 Å². The van der Waals surface area contributed by atoms with Gasteiger partial charge >= 0.3 is 0 Å². The van der Waals surface area contributed by atoms with Crippen LogP contribution in [0.5, 0.6) is 11.5 Å². The molecular formula is C20H22N6O4S. The number of ether oxygens (including phenoxy) is 2. The fourth-order valence-electron chi connectivity index (χ4n) is 3.77. The first-order valence-electron chi connectivity index (χ1n) is 10.1. The van der Waals surface area contributed by atoms with Crippen LogP contribution in [-0.4, -0.2) is 68.4 Å². The topological polar surface area (TPSA) is 115 Å². The molecule has 0 radical (unpaired) electrons. The second-order valence-corrected chi connectivity index (χ2v) is 8.15. The lowest BCUT2D eigenvalue weighted by Crippen LogP contribution is -2.44. The number of fused-ring (bicyclic) bond motifs is 1. The molecule has 2 aliphatic rings. The van der Waals surface area contributed by atoms with Crippen LogP contribution in [0.25, 0.3) is 5.95 Å². The number of nitrogens with one attached hydrogen (secondary N) is 1. The second-order valence-electron chi connectivity index (χ2n) is 7.42. The Morgan fingerprint density at radius 1 is 1.29 bits per heavy atom. The summed E-state index contributed by atoms with van der Waals surface area (Å²) in [6, 6.07) is 5.34. The van der Waals surface area contributed by atoms with Crippen molar-refractivity contribution < 1.29 is 19.4 Å². The molecule has 1 amide bonds. The molecule has 2 N–H and O–H groups in total. The van der Waals surface area contributed by atoms with E-state index in [0.29, 0.717) is 50.2 Å². The third-order valence-corrected chi connectivity index (χ3v) is 6.03. The number of hydrogen-bond acceptors (Lipinski definition) is 9. The normalized spacial score (nSPS) is 20.1. The van der Waals surface area contributed by atoms with Crippen LogP contribution in [0, 0.1) is 0 Å². The molecule has 1 aromatic carbocycles. The Morgan fingerprint density at radius 2 is 2.16 bits per heavy atom. The van der Waals surface area contributed by atoms with Crippen LogP contribution in [0.1, 0.15) is 12.0 Å². The van der Waals surface area contributed by atoms with Gasteiger partial charge in [0.2, 0.25) is 17.0 Å². The van der Waals surface area contributed by atoms with Gasteiger partial charge in [0.15, 0.2) is 11.5 Å². The van der Waals surface area contributed by atoms with E-state index in [4.69, 9.17) is 9.47 Å². The summed E-state index contributed by atoms with van der Waals surface area (Å²) in [7, 11) is 0. The number of imidazole rings is 1. The average molecular weight is 443 g/mol. The lowest BCUT2D eigenvalue weighted by atomic mass is 10.1. The maximum absolute atomic E-state index is 12.9. The van der Waals surface area contributed by atoms with Crippen LogP contribution in [0.2, 0.25) is 0 Å². The minimum absolute atomic E-state index is 0.131. The standard InChI is InChI=1S/C20H22N6O4S/c27-14-10-15(26(11-14)20-23-19(24-31-20)25-6-5-21-12-25)18(28)22-4-3-13-1-2-16-17(9-13)30-8-7-29-16/h1-2,5-6,9,12,14-15,27H,3-4,7-8,10-11H2,(H,22,28). The SMILES string of the molecule is O=C(NCCc1ccc2c(c1)OCCO2)C1CC(O)CN1c1nc(-n2ccnc2)ns1. The summed E-state index contributed by atoms with van der Waals surface area (Å²) in [6.07, 6.45) is 5.46. The van der Waals surface area contributed by atoms with E-state index in [0.717, 1.165) is 17.1 Å². The van der Waals surface area contributed by atoms with E-state index in [1.807, 2.05) is 23.1 Å². The Bertz CT molecular complexity index is 1060. The molecule has 2 aliphatic heterocycles. The van der Waals surface area contributed by atoms with Gasteiger partial charge in [-0.2, -0.15) is 9.36 Å². The molecule has 162 valence electrons. The smallest absolute Gasteiger partial charge is 0.248 e. The van der Waals surface area contributed by atoms with Crippen molar-refractivity contribution in [3.8, 4) is 17.4 Å². The Balaban J connectivity index is 1.21. The van der Waals surface area contributed by atoms with Crippen molar-refractivity contribution in [3.63, 3.8) is 0 Å². The Kier molecular flexibility index (Phi) is 5.43. The van der Waals surface area contributed by atoms with Gasteiger partial charge in [0.05, 0.1) is 6.10 Å². The van der Waals surface area contributed by atoms with Gasteiger partial charge in [-0.15, -0.1) is 0 Å². The van der Waals surface area contributed by atoms with E-state index in [-0.39, 0.29) is 5.91 Å². The highest BCUT2D eigenvalue weighted by Crippen LogP contribution is 2.31. The number of aromatic nitrogens is 4. The number of anilines is 1. The van der Waals surface area contributed by atoms with Crippen molar-refractivity contribution >= 4 is 22.6 Å². The second kappa shape index (κ2) is 8.52. The number of carbonyl (C=O) groups is 1. The molecule has 4 heterocycles. The number of amides is 1. The van der Waals surface area contributed by atoms with Crippen molar-refractivity contribution in [2.75, 3.05) is 31.2 Å². The zero-order chi connectivity index (χ0) is 21.2. The van der Waals surface area contributed by atoms with Gasteiger partial charge in [-0.3, -0.25) is 9.36 Å². The summed E-state index contributed by atoms with van der Waals surface area (Å²) in [5, 5.41) is 13.8. The number of benzene rings is 1. The minimum atomic E-state index is -0.589. The molecule has 5 rings (SSSR count). The van der Waals surface area contributed by atoms with Crippen LogP contribution >= 0.6 is 11.5 Å². The summed E-state index contributed by atoms with van der Waals surface area (Å²) in [6.45, 7) is 1.93. The number of rotatable bonds is 6. The number of aliphatic hydroxyl groups is 1. The maximum atomic E-state index is 12.9. The van der Waals surface area contributed by atoms with Crippen molar-refractivity contribution in [1.29, 1.82) is 0 Å². The van der Waals surface area contributed by atoms with Crippen LogP contribution in [-0.2, 0) is 11.2 Å². The van der Waals surface area contributed by atoms with Crippen LogP contribution in [0.15, 0.2) is 36.9 Å². The summed E-state index contributed by atoms with van der Waals surface area (Å²) in [5.41, 5.74) is 1.06. The first kappa shape index (κ1) is 19.8. The molecule has 0 saturated carbocycles. The molecule has 11 heteroatoms. The van der Waals surface area contributed by atoms with Crippen molar-refractivity contribution in [2.24, 2.45) is 0 Å². The molecule has 2 atom stereocenters. The third-order valence-electron chi connectivity index (χ3n) is 5.29. The molecule has 2 unspecified atom stereocenters. The molecule has 0 aliphatic carbocycles. The fraction of sp³-hybridized carbons (Fsp3) is 0.400. The monoisotopic (exact) mass is 442 g/mol. The van der Waals surface area contributed by atoms with Gasteiger partial charge < -0.3 is 24.8 Å². The average Bonchev–Trinajstić information content (AvgIpc) is 3.53. The van der Waals surface area contributed by atoms with Gasteiger partial charge in [0.1, 0.15) is 25.6 Å². The predicted octanol–water partition coefficient (Wildman–Crippen LogP) is 0.793. The highest BCUT2D eigenvalue weighted by atomic mass is 32.1. The molecule has 1 saturated heterocycles. The lowest BCUT2D eigenvalue weighted by Gasteiger charge is -2.22. The fourth-order valence-corrected chi connectivity index (χ4v) is 4.50. The molecule has 10 nitrogen and oxygen atoms in total. The zero-order valence-corrected chi connectivity index (χ0v) is 17.5. The minimum Gasteiger partial charge on any atom is -0.486 e. The summed E-state index contributed by atoms with van der Waals surface area (Å²) >= 11 is 1.20. The van der Waals surface area contributed by atoms with Crippen molar-refractivity contribution in [2.45, 2.75) is 25.0 Å². The lowest BCUT2D eigenvalue weighted by molar-refractivity contribution is -0.122. The van der Waals surface area contributed by atoms with Gasteiger partial charge in [-0.25, -0.2) is 4.98 Å². The van der Waals surface area contributed by atoms with Gasteiger partial charge in [-0.1, -0.05) is 6.07 Å². The van der Waals surface area contributed by atoms with E-state index in [2.05, 4.69) is 19.7 Å². The number of aliphatic hydroxyl groups excluding tert-OH is 1. The van der Waals surface area contributed by atoms with Gasteiger partial charge in [0, 0.05) is 43.4 Å². The number of carbonyl (C=O) groups excluding carboxylic acids is 1. The van der Waals surface area contributed by atoms with E-state index >= 15 is 0 Å². The largest absolute Gasteiger partial charge is 0.486 e. The molecule has 1 fully saturated rings. The third kappa shape index (κ3) is 4.19. The Hall–Kier alpha value is -3.18. The predicted molar refractivity (Wildman–Crippen MR) is 113 cm³/mol. The molecule has 0 spiro atoms. The molecule has 31 heavy (non-hydrogen) atoms. The maximum Gasteiger partial charge on any atom is 0.248 e. The highest BCUT2D eigenvalue weighted by molar-refractivity contribution is 7.09. The molecular weight excluding hydrogens is 420 g/mol. The van der Waals surface area contributed by atoms with Crippen LogP contribution in [0.3, 0.4) is 0 Å². The quantitative estimate of drug-likeness (QED) is 0.576. The Morgan fingerprint density at radius 3 is 3.00 bits per heavy atom. The first-order chi connectivity index (χ1) is 15.2. The van der Waals surface area contributed by atoms with E-state index in [9.17, 15) is 9.90 Å². The van der Waals surface area contributed by atoms with Gasteiger partial charge in [0.25, 0.3) is 0 Å². The first-order valence-corrected chi connectivity index (χ1v) is 10.9. The van der Waals surface area contributed by atoms with E-state index in [1.54, 1.807) is 23.3 Å². The van der Waals surface area contributed by atoms with E-state index < -0.39 is 12.1 Å². The summed E-state index contributed by atoms with van der Waals surface area (Å²) in [5.74, 6) is 1.86. The van der Waals surface area contributed by atoms with Crippen LogP contribution in [0.4, 0.5) is 5.13 Å². The highest BCUT2D eigenvalue weighted by Gasteiger charge is 2.37. The molecule has 3 aromatic rings. The zero-order valence-electron chi connectivity index (χ0n) is 16.7. The summed E-state index contributed by atoms with van der Waals surface area (Å²) < 4.78 is 17.2. The van der Waals surface area contributed by atoms with Crippen molar-refractivity contribution in [1.82, 2.24) is 24.2 Å². The van der Waals surface area contributed by atoms with E-state index in [1.165, 1.54) is 11.5 Å². The number of β-amino-alcohol motifs (C(OH)–C–C–N with tert-alkyl or cyclic N) is 1. The van der Waals surface area contributed by atoms with Gasteiger partial charge in [-0.05, 0) is 24.1 Å². The number of hydrogen-bond donors (Lipinski definition) is 2. The number of nitrogens with zero attached hydrogens (tertiary/aromatic N) is 5. The Labute approximate surface area is 182 Å².